The van der Waals surface area contributed by atoms with E-state index in [0.29, 0.717) is 13.0 Å². The minimum Gasteiger partial charge on any atom is -0.391 e. The van der Waals surface area contributed by atoms with Crippen molar-refractivity contribution in [2.24, 2.45) is 5.73 Å². The topological polar surface area (TPSA) is 89.6 Å². The third-order valence-corrected chi connectivity index (χ3v) is 1.54. The zero-order valence-electron chi connectivity index (χ0n) is 6.76. The molecule has 0 amide bonds. The molecule has 0 aromatic rings. The number of rotatable bonds is 5. The number of hydrogen-bond donors (Lipinski definition) is 2. The molecule has 0 aromatic heterocycles. The maximum absolute atomic E-state index is 10.4. The van der Waals surface area contributed by atoms with Crippen LogP contribution in [-0.2, 0) is 14.3 Å². The lowest BCUT2D eigenvalue weighted by atomic mass is 10.3. The van der Waals surface area contributed by atoms with Crippen LogP contribution < -0.4 is 5.73 Å². The molecule has 7 heteroatoms. The van der Waals surface area contributed by atoms with E-state index in [4.69, 9.17) is 10.8 Å². The van der Waals surface area contributed by atoms with Gasteiger partial charge in [-0.25, -0.2) is 0 Å². The van der Waals surface area contributed by atoms with E-state index in [2.05, 4.69) is 4.18 Å². The average Bonchev–Trinajstić information content (AvgIpc) is 1.83. The number of hydrogen-bond acceptors (Lipinski definition) is 5. The van der Waals surface area contributed by atoms with Gasteiger partial charge in [0.05, 0.1) is 19.0 Å². The first-order chi connectivity index (χ1) is 4.95. The van der Waals surface area contributed by atoms with Crippen LogP contribution in [0.4, 0.5) is 0 Å². The molecule has 3 N–H and O–H groups in total. The van der Waals surface area contributed by atoms with Gasteiger partial charge in [-0.1, -0.05) is 0 Å². The third kappa shape index (κ3) is 10.1. The maximum atomic E-state index is 10.4. The van der Waals surface area contributed by atoms with E-state index in [0.717, 1.165) is 6.26 Å². The first kappa shape index (κ1) is 14.6. The maximum Gasteiger partial charge on any atom is 0.264 e. The Morgan fingerprint density at radius 3 is 2.42 bits per heavy atom. The van der Waals surface area contributed by atoms with Crippen molar-refractivity contribution >= 4 is 22.5 Å². The summed E-state index contributed by atoms with van der Waals surface area (Å²) in [7, 11) is -3.44. The first-order valence-electron chi connectivity index (χ1n) is 3.18. The summed E-state index contributed by atoms with van der Waals surface area (Å²) in [6, 6.07) is 0. The van der Waals surface area contributed by atoms with Crippen LogP contribution in [0, 0.1) is 0 Å². The van der Waals surface area contributed by atoms with E-state index in [1.54, 1.807) is 0 Å². The van der Waals surface area contributed by atoms with Gasteiger partial charge in [0.1, 0.15) is 0 Å². The summed E-state index contributed by atoms with van der Waals surface area (Å²) in [5.41, 5.74) is 5.10. The van der Waals surface area contributed by atoms with Crippen LogP contribution in [0.15, 0.2) is 0 Å². The monoisotopic (exact) mass is 219 g/mol. The van der Waals surface area contributed by atoms with Crippen LogP contribution in [0.3, 0.4) is 0 Å². The molecule has 0 heterocycles. The fraction of sp³-hybridized carbons (Fsp3) is 1.00. The summed E-state index contributed by atoms with van der Waals surface area (Å²) in [5, 5.41) is 8.94. The van der Waals surface area contributed by atoms with Gasteiger partial charge >= 0.3 is 0 Å². The van der Waals surface area contributed by atoms with Crippen molar-refractivity contribution in [3.8, 4) is 0 Å². The molecule has 0 bridgehead atoms. The van der Waals surface area contributed by atoms with Crippen LogP contribution in [-0.4, -0.2) is 39.0 Å². The van der Waals surface area contributed by atoms with Gasteiger partial charge in [0.15, 0.2) is 0 Å². The minimum atomic E-state index is -3.44. The molecule has 0 aromatic carbocycles. The highest BCUT2D eigenvalue weighted by Gasteiger charge is 2.07. The van der Waals surface area contributed by atoms with E-state index < -0.39 is 16.2 Å². The van der Waals surface area contributed by atoms with E-state index in [9.17, 15) is 8.42 Å². The van der Waals surface area contributed by atoms with Gasteiger partial charge in [-0.2, -0.15) is 8.42 Å². The van der Waals surface area contributed by atoms with Gasteiger partial charge in [0.25, 0.3) is 10.1 Å². The lowest BCUT2D eigenvalue weighted by Gasteiger charge is -2.07. The molecule has 0 aliphatic rings. The highest BCUT2D eigenvalue weighted by molar-refractivity contribution is 7.85. The molecule has 0 unspecified atom stereocenters. The van der Waals surface area contributed by atoms with Crippen molar-refractivity contribution in [2.45, 2.75) is 12.5 Å². The predicted molar refractivity (Wildman–Crippen MR) is 47.7 cm³/mol. The Morgan fingerprint density at radius 2 is 2.08 bits per heavy atom. The quantitative estimate of drug-likeness (QED) is 0.585. The van der Waals surface area contributed by atoms with Gasteiger partial charge < -0.3 is 10.8 Å². The molecule has 0 aliphatic carbocycles. The van der Waals surface area contributed by atoms with Crippen molar-refractivity contribution in [2.75, 3.05) is 19.4 Å². The van der Waals surface area contributed by atoms with Crippen LogP contribution in [0.25, 0.3) is 0 Å². The summed E-state index contributed by atoms with van der Waals surface area (Å²) >= 11 is 0. The molecule has 12 heavy (non-hydrogen) atoms. The Morgan fingerprint density at radius 1 is 1.58 bits per heavy atom. The van der Waals surface area contributed by atoms with Crippen molar-refractivity contribution in [3.63, 3.8) is 0 Å². The Bertz CT molecular complexity index is 194. The van der Waals surface area contributed by atoms with E-state index in [1.165, 1.54) is 0 Å². The summed E-state index contributed by atoms with van der Waals surface area (Å²) in [6.45, 7) is 0.102. The molecule has 76 valence electrons. The Hall–Kier alpha value is 0.120. The van der Waals surface area contributed by atoms with E-state index >= 15 is 0 Å². The largest absolute Gasteiger partial charge is 0.391 e. The molecule has 0 fully saturated rings. The number of aliphatic hydroxyl groups excluding tert-OH is 1. The van der Waals surface area contributed by atoms with Crippen molar-refractivity contribution in [1.82, 2.24) is 0 Å². The lowest BCUT2D eigenvalue weighted by molar-refractivity contribution is 0.106. The Labute approximate surface area is 78.4 Å². The number of nitrogens with two attached hydrogens (primary N) is 1. The summed E-state index contributed by atoms with van der Waals surface area (Å²) in [6.07, 6.45) is 0.479. The minimum absolute atomic E-state index is 0. The third-order valence-electron chi connectivity index (χ3n) is 0.974. The van der Waals surface area contributed by atoms with Gasteiger partial charge in [-0.3, -0.25) is 4.18 Å². The first-order valence-corrected chi connectivity index (χ1v) is 5.00. The van der Waals surface area contributed by atoms with Crippen LogP contribution in [0.5, 0.6) is 0 Å². The molecule has 5 nitrogen and oxygen atoms in total. The molecule has 1 atom stereocenters. The fourth-order valence-corrected chi connectivity index (χ4v) is 0.882. The van der Waals surface area contributed by atoms with Crippen molar-refractivity contribution < 1.29 is 17.7 Å². The predicted octanol–water partition coefficient (Wildman–Crippen LogP) is -0.906. The standard InChI is InChI=1S/C5H13NO4S.ClH/c1-11(8,9)10-4-5(7)2-3-6;/h5,7H,2-4,6H2,1H3;1H/t5-;/m1./s1. The van der Waals surface area contributed by atoms with E-state index in [-0.39, 0.29) is 19.0 Å². The summed E-state index contributed by atoms with van der Waals surface area (Å²) in [5.74, 6) is 0. The molecular weight excluding hydrogens is 206 g/mol. The number of halogens is 1. The second-order valence-corrected chi connectivity index (χ2v) is 3.86. The SMILES string of the molecule is CS(=O)(=O)OC[C@H](O)CCN.Cl. The smallest absolute Gasteiger partial charge is 0.264 e. The van der Waals surface area contributed by atoms with Crippen LogP contribution in [0.2, 0.25) is 0 Å². The summed E-state index contributed by atoms with van der Waals surface area (Å²) < 4.78 is 25.1. The molecule has 0 saturated heterocycles. The normalized spacial score (nSPS) is 13.6. The van der Waals surface area contributed by atoms with Crippen molar-refractivity contribution in [3.05, 3.63) is 0 Å². The number of aliphatic hydroxyl groups is 1. The zero-order chi connectivity index (χ0) is 8.91. The average molecular weight is 220 g/mol. The fourth-order valence-electron chi connectivity index (χ4n) is 0.478. The van der Waals surface area contributed by atoms with Gasteiger partial charge in [0.2, 0.25) is 0 Å². The molecule has 0 aliphatic heterocycles. The van der Waals surface area contributed by atoms with Gasteiger partial charge in [-0.15, -0.1) is 12.4 Å². The van der Waals surface area contributed by atoms with Crippen molar-refractivity contribution in [1.29, 1.82) is 0 Å². The molecular formula is C5H14ClNO4S. The Balaban J connectivity index is 0. The van der Waals surface area contributed by atoms with Crippen LogP contribution in [0.1, 0.15) is 6.42 Å². The van der Waals surface area contributed by atoms with E-state index in [1.807, 2.05) is 0 Å². The molecule has 0 spiro atoms. The highest BCUT2D eigenvalue weighted by Crippen LogP contribution is 1.94. The van der Waals surface area contributed by atoms with Gasteiger partial charge in [0, 0.05) is 0 Å². The summed E-state index contributed by atoms with van der Waals surface area (Å²) in [4.78, 5) is 0. The molecule has 0 saturated carbocycles. The van der Waals surface area contributed by atoms with Gasteiger partial charge in [-0.05, 0) is 13.0 Å². The Kier molecular flexibility index (Phi) is 8.07. The molecule has 0 rings (SSSR count). The second-order valence-electron chi connectivity index (χ2n) is 2.22. The lowest BCUT2D eigenvalue weighted by Crippen LogP contribution is -2.21. The molecule has 0 radical (unpaired) electrons. The zero-order valence-corrected chi connectivity index (χ0v) is 8.40. The highest BCUT2D eigenvalue weighted by atomic mass is 35.5. The second kappa shape index (κ2) is 6.62. The van der Waals surface area contributed by atoms with Crippen LogP contribution >= 0.6 is 12.4 Å².